The Kier molecular flexibility index (Phi) is 5.89. The van der Waals surface area contributed by atoms with Crippen LogP contribution >= 0.6 is 0 Å². The predicted molar refractivity (Wildman–Crippen MR) is 91.9 cm³/mol. The summed E-state index contributed by atoms with van der Waals surface area (Å²) in [7, 11) is 0. The average molecular weight is 345 g/mol. The van der Waals surface area contributed by atoms with Crippen LogP contribution in [0.25, 0.3) is 0 Å². The highest BCUT2D eigenvalue weighted by molar-refractivity contribution is 5.81. The maximum atomic E-state index is 11.8. The highest BCUT2D eigenvalue weighted by Gasteiger charge is 2.11. The molecule has 1 heterocycles. The molecule has 1 N–H and O–H groups in total. The summed E-state index contributed by atoms with van der Waals surface area (Å²) in [5, 5.41) is 14.2. The van der Waals surface area contributed by atoms with E-state index in [-0.39, 0.29) is 18.3 Å². The molecule has 0 aliphatic carbocycles. The van der Waals surface area contributed by atoms with Crippen molar-refractivity contribution in [2.75, 3.05) is 6.61 Å². The molecule has 0 saturated carbocycles. The molecule has 8 nitrogen and oxygen atoms in total. The van der Waals surface area contributed by atoms with Crippen LogP contribution in [0.15, 0.2) is 39.9 Å². The van der Waals surface area contributed by atoms with E-state index in [9.17, 15) is 14.9 Å². The quantitative estimate of drug-likeness (QED) is 0.471. The van der Waals surface area contributed by atoms with E-state index >= 15 is 0 Å². The van der Waals surface area contributed by atoms with Crippen LogP contribution in [0.3, 0.4) is 0 Å². The summed E-state index contributed by atoms with van der Waals surface area (Å²) in [4.78, 5) is 21.6. The first-order valence-corrected chi connectivity index (χ1v) is 7.66. The number of carbonyl (C=O) groups excluding carboxylic acids is 1. The van der Waals surface area contributed by atoms with Crippen LogP contribution < -0.4 is 10.2 Å². The predicted octanol–water partition coefficient (Wildman–Crippen LogP) is 3.15. The molecular formula is C17H19N3O5. The van der Waals surface area contributed by atoms with E-state index in [4.69, 9.17) is 9.15 Å². The first-order chi connectivity index (χ1) is 11.9. The molecule has 0 atom stereocenters. The molecule has 0 radical (unpaired) electrons. The third kappa shape index (κ3) is 5.17. The number of hydrazone groups is 1. The third-order valence-corrected chi connectivity index (χ3v) is 3.32. The molecule has 0 saturated heterocycles. The van der Waals surface area contributed by atoms with Crippen LogP contribution in [0.2, 0.25) is 0 Å². The third-order valence-electron chi connectivity index (χ3n) is 3.32. The topological polar surface area (TPSA) is 107 Å². The standard InChI is InChI=1S/C17H19N3O5/c1-11(2)14-6-4-12(3)8-15(14)24-10-16(21)19-18-9-13-5-7-17(25-13)20(22)23/h4-9,11H,10H2,1-3H3,(H,19,21)/b18-9+. The second-order valence-corrected chi connectivity index (χ2v) is 5.71. The molecular weight excluding hydrogens is 326 g/mol. The number of nitro groups is 1. The summed E-state index contributed by atoms with van der Waals surface area (Å²) >= 11 is 0. The summed E-state index contributed by atoms with van der Waals surface area (Å²) in [5.74, 6) is 0.251. The second kappa shape index (κ2) is 8.09. The summed E-state index contributed by atoms with van der Waals surface area (Å²) < 4.78 is 10.5. The van der Waals surface area contributed by atoms with Gasteiger partial charge in [0, 0.05) is 0 Å². The number of hydrogen-bond acceptors (Lipinski definition) is 6. The lowest BCUT2D eigenvalue weighted by Crippen LogP contribution is -2.24. The van der Waals surface area contributed by atoms with E-state index in [2.05, 4.69) is 10.5 Å². The minimum Gasteiger partial charge on any atom is -0.483 e. The van der Waals surface area contributed by atoms with Crippen molar-refractivity contribution < 1.29 is 18.9 Å². The van der Waals surface area contributed by atoms with Crippen LogP contribution in [0.5, 0.6) is 5.75 Å². The average Bonchev–Trinajstić information content (AvgIpc) is 3.02. The zero-order chi connectivity index (χ0) is 18.4. The molecule has 0 unspecified atom stereocenters. The lowest BCUT2D eigenvalue weighted by atomic mass is 10.0. The van der Waals surface area contributed by atoms with Crippen molar-refractivity contribution in [1.82, 2.24) is 5.43 Å². The Balaban J connectivity index is 1.89. The second-order valence-electron chi connectivity index (χ2n) is 5.71. The number of benzene rings is 1. The Morgan fingerprint density at radius 2 is 2.16 bits per heavy atom. The fraction of sp³-hybridized carbons (Fsp3) is 0.294. The van der Waals surface area contributed by atoms with Gasteiger partial charge in [0.15, 0.2) is 12.4 Å². The fourth-order valence-electron chi connectivity index (χ4n) is 2.10. The number of furan rings is 1. The van der Waals surface area contributed by atoms with Crippen LogP contribution in [0.4, 0.5) is 5.88 Å². The Labute approximate surface area is 144 Å². The summed E-state index contributed by atoms with van der Waals surface area (Å²) in [5.41, 5.74) is 4.34. The van der Waals surface area contributed by atoms with Gasteiger partial charge in [-0.05, 0) is 36.1 Å². The van der Waals surface area contributed by atoms with Crippen LogP contribution in [0, 0.1) is 17.0 Å². The number of carbonyl (C=O) groups is 1. The smallest absolute Gasteiger partial charge is 0.433 e. The van der Waals surface area contributed by atoms with Crippen molar-refractivity contribution >= 4 is 18.0 Å². The number of amides is 1. The normalized spacial score (nSPS) is 11.0. The summed E-state index contributed by atoms with van der Waals surface area (Å²) in [6.07, 6.45) is 1.18. The molecule has 132 valence electrons. The van der Waals surface area contributed by atoms with Crippen molar-refractivity contribution in [2.45, 2.75) is 26.7 Å². The van der Waals surface area contributed by atoms with E-state index < -0.39 is 16.7 Å². The van der Waals surface area contributed by atoms with Crippen molar-refractivity contribution in [3.63, 3.8) is 0 Å². The summed E-state index contributed by atoms with van der Waals surface area (Å²) in [6, 6.07) is 8.45. The zero-order valence-electron chi connectivity index (χ0n) is 14.2. The number of ether oxygens (including phenoxy) is 1. The molecule has 1 aromatic heterocycles. The maximum Gasteiger partial charge on any atom is 0.433 e. The first kappa shape index (κ1) is 18.2. The molecule has 0 fully saturated rings. The lowest BCUT2D eigenvalue weighted by molar-refractivity contribution is -0.402. The van der Waals surface area contributed by atoms with E-state index in [0.29, 0.717) is 5.75 Å². The fourth-order valence-corrected chi connectivity index (χ4v) is 2.10. The highest BCUT2D eigenvalue weighted by Crippen LogP contribution is 2.27. The van der Waals surface area contributed by atoms with E-state index in [1.807, 2.05) is 39.0 Å². The van der Waals surface area contributed by atoms with Crippen LogP contribution in [0.1, 0.15) is 36.7 Å². The van der Waals surface area contributed by atoms with Gasteiger partial charge in [0.05, 0.1) is 12.3 Å². The van der Waals surface area contributed by atoms with Gasteiger partial charge in [0.25, 0.3) is 5.91 Å². The SMILES string of the molecule is Cc1ccc(C(C)C)c(OCC(=O)N/N=C/c2ccc([N+](=O)[O-])o2)c1. The van der Waals surface area contributed by atoms with Crippen LogP contribution in [-0.4, -0.2) is 23.7 Å². The van der Waals surface area contributed by atoms with Gasteiger partial charge >= 0.3 is 5.88 Å². The van der Waals surface area contributed by atoms with E-state index in [1.165, 1.54) is 18.3 Å². The lowest BCUT2D eigenvalue weighted by Gasteiger charge is -2.14. The molecule has 1 aromatic carbocycles. The maximum absolute atomic E-state index is 11.8. The molecule has 25 heavy (non-hydrogen) atoms. The van der Waals surface area contributed by atoms with Crippen LogP contribution in [-0.2, 0) is 4.79 Å². The van der Waals surface area contributed by atoms with Gasteiger partial charge in [-0.3, -0.25) is 14.9 Å². The molecule has 0 aliphatic rings. The molecule has 2 rings (SSSR count). The van der Waals surface area contributed by atoms with Gasteiger partial charge < -0.3 is 9.15 Å². The Bertz CT molecular complexity index is 795. The van der Waals surface area contributed by atoms with Gasteiger partial charge in [-0.15, -0.1) is 0 Å². The van der Waals surface area contributed by atoms with Crippen molar-refractivity contribution in [1.29, 1.82) is 0 Å². The minimum absolute atomic E-state index is 0.161. The van der Waals surface area contributed by atoms with Gasteiger partial charge in [-0.25, -0.2) is 5.43 Å². The Morgan fingerprint density at radius 3 is 2.80 bits per heavy atom. The Hall–Kier alpha value is -3.16. The first-order valence-electron chi connectivity index (χ1n) is 7.66. The molecule has 0 bridgehead atoms. The van der Waals surface area contributed by atoms with E-state index in [1.54, 1.807) is 0 Å². The van der Waals surface area contributed by atoms with E-state index in [0.717, 1.165) is 11.1 Å². The van der Waals surface area contributed by atoms with Crippen molar-refractivity contribution in [3.8, 4) is 5.75 Å². The molecule has 0 spiro atoms. The Morgan fingerprint density at radius 1 is 1.40 bits per heavy atom. The van der Waals surface area contributed by atoms with Gasteiger partial charge in [-0.2, -0.15) is 5.10 Å². The largest absolute Gasteiger partial charge is 0.483 e. The van der Waals surface area contributed by atoms with Gasteiger partial charge in [-0.1, -0.05) is 26.0 Å². The number of nitrogens with one attached hydrogen (secondary N) is 1. The van der Waals surface area contributed by atoms with Gasteiger partial charge in [0.2, 0.25) is 0 Å². The monoisotopic (exact) mass is 345 g/mol. The minimum atomic E-state index is -0.655. The van der Waals surface area contributed by atoms with Crippen molar-refractivity contribution in [3.05, 3.63) is 57.3 Å². The number of aryl methyl sites for hydroxylation is 1. The number of nitrogens with zero attached hydrogens (tertiary/aromatic N) is 2. The molecule has 1 amide bonds. The molecule has 2 aromatic rings. The molecule has 0 aliphatic heterocycles. The zero-order valence-corrected chi connectivity index (χ0v) is 14.2. The number of hydrogen-bond donors (Lipinski definition) is 1. The summed E-state index contributed by atoms with van der Waals surface area (Å²) in [6.45, 7) is 5.84. The highest BCUT2D eigenvalue weighted by atomic mass is 16.6. The van der Waals surface area contributed by atoms with Crippen molar-refractivity contribution in [2.24, 2.45) is 5.10 Å². The van der Waals surface area contributed by atoms with Gasteiger partial charge in [0.1, 0.15) is 10.7 Å². The number of rotatable bonds is 7. The molecule has 8 heteroatoms.